The van der Waals surface area contributed by atoms with Gasteiger partial charge in [0, 0.05) is 55.4 Å². The van der Waals surface area contributed by atoms with Crippen LogP contribution in [-0.2, 0) is 0 Å². The van der Waals surface area contributed by atoms with E-state index < -0.39 is 0 Å². The van der Waals surface area contributed by atoms with Crippen molar-refractivity contribution in [2.75, 3.05) is 9.80 Å². The SMILES string of the molecule is c1ccc(-c2ccccc2N2c3cc(-c4ccc5oc6ccccc6c5c4)ccc3B3c4ccc(-c5ccc6oc7ccccc7c6c5)cc4N(c4ccccc4-c4ccccc4)c4cccc2c43)cc1. The van der Waals surface area contributed by atoms with Crippen molar-refractivity contribution in [3.8, 4) is 44.5 Å². The molecule has 0 N–H and O–H groups in total. The van der Waals surface area contributed by atoms with Gasteiger partial charge >= 0.3 is 0 Å². The summed E-state index contributed by atoms with van der Waals surface area (Å²) in [5.74, 6) is 0. The summed E-state index contributed by atoms with van der Waals surface area (Å²) in [6.07, 6.45) is 0. The number of benzene rings is 11. The summed E-state index contributed by atoms with van der Waals surface area (Å²) < 4.78 is 12.6. The van der Waals surface area contributed by atoms with Crippen LogP contribution in [0.5, 0.6) is 0 Å². The maximum Gasteiger partial charge on any atom is 0.252 e. The van der Waals surface area contributed by atoms with E-state index in [9.17, 15) is 0 Å². The molecule has 4 heterocycles. The van der Waals surface area contributed by atoms with E-state index in [1.165, 1.54) is 38.6 Å². The number of anilines is 6. The average Bonchev–Trinajstić information content (AvgIpc) is 4.01. The van der Waals surface area contributed by atoms with Gasteiger partial charge in [0.25, 0.3) is 6.71 Å². The van der Waals surface area contributed by atoms with Crippen LogP contribution in [0.2, 0.25) is 0 Å². The molecule has 0 saturated carbocycles. The first-order chi connectivity index (χ1) is 35.2. The molecule has 15 rings (SSSR count). The normalized spacial score (nSPS) is 12.7. The summed E-state index contributed by atoms with van der Waals surface area (Å²) in [7, 11) is 0. The third-order valence-electron chi connectivity index (χ3n) is 14.9. The Bertz CT molecular complexity index is 4000. The maximum atomic E-state index is 6.31. The van der Waals surface area contributed by atoms with Crippen molar-refractivity contribution in [3.05, 3.63) is 249 Å². The third-order valence-corrected chi connectivity index (χ3v) is 14.9. The molecular formula is C66H41BN2O2. The topological polar surface area (TPSA) is 32.8 Å². The predicted molar refractivity (Wildman–Crippen MR) is 297 cm³/mol. The number of fused-ring (bicyclic) bond motifs is 10. The van der Waals surface area contributed by atoms with Crippen LogP contribution >= 0.6 is 0 Å². The largest absolute Gasteiger partial charge is 0.456 e. The molecule has 0 aliphatic carbocycles. The van der Waals surface area contributed by atoms with Crippen LogP contribution in [0.25, 0.3) is 88.4 Å². The van der Waals surface area contributed by atoms with E-state index in [1.807, 2.05) is 24.3 Å². The minimum absolute atomic E-state index is 0.0739. The van der Waals surface area contributed by atoms with Gasteiger partial charge in [0.1, 0.15) is 22.3 Å². The summed E-state index contributed by atoms with van der Waals surface area (Å²) in [5, 5.41) is 4.48. The van der Waals surface area contributed by atoms with E-state index in [0.29, 0.717) is 0 Å². The van der Waals surface area contributed by atoms with Gasteiger partial charge in [-0.2, -0.15) is 0 Å². The van der Waals surface area contributed by atoms with E-state index in [0.717, 1.165) is 100 Å². The summed E-state index contributed by atoms with van der Waals surface area (Å²) in [6, 6.07) is 90.4. The van der Waals surface area contributed by atoms with Gasteiger partial charge in [0.2, 0.25) is 0 Å². The van der Waals surface area contributed by atoms with Gasteiger partial charge in [-0.05, 0) is 123 Å². The Labute approximate surface area is 411 Å². The smallest absolute Gasteiger partial charge is 0.252 e. The minimum Gasteiger partial charge on any atom is -0.456 e. The molecule has 0 radical (unpaired) electrons. The van der Waals surface area contributed by atoms with E-state index in [1.54, 1.807) is 0 Å². The Morgan fingerprint density at radius 3 is 1.13 bits per heavy atom. The molecule has 0 fully saturated rings. The van der Waals surface area contributed by atoms with Crippen LogP contribution in [0.3, 0.4) is 0 Å². The molecule has 0 bridgehead atoms. The molecule has 0 amide bonds. The highest BCUT2D eigenvalue weighted by atomic mass is 16.3. The average molecular weight is 905 g/mol. The first-order valence-corrected chi connectivity index (χ1v) is 24.4. The van der Waals surface area contributed by atoms with Crippen LogP contribution in [0.1, 0.15) is 0 Å². The Balaban J connectivity index is 0.996. The second-order valence-corrected chi connectivity index (χ2v) is 18.7. The number of furan rings is 2. The third kappa shape index (κ3) is 6.13. The zero-order valence-electron chi connectivity index (χ0n) is 38.5. The highest BCUT2D eigenvalue weighted by Gasteiger charge is 2.44. The van der Waals surface area contributed by atoms with Crippen molar-refractivity contribution in [2.24, 2.45) is 0 Å². The van der Waals surface area contributed by atoms with Crippen molar-refractivity contribution in [1.82, 2.24) is 0 Å². The predicted octanol–water partition coefficient (Wildman–Crippen LogP) is 16.2. The summed E-state index contributed by atoms with van der Waals surface area (Å²) >= 11 is 0. The van der Waals surface area contributed by atoms with Crippen LogP contribution in [0.4, 0.5) is 34.1 Å². The Morgan fingerprint density at radius 2 is 0.634 bits per heavy atom. The summed E-state index contributed by atoms with van der Waals surface area (Å²) in [6.45, 7) is -0.0739. The first kappa shape index (κ1) is 39.7. The van der Waals surface area contributed by atoms with Gasteiger partial charge in [-0.25, -0.2) is 0 Å². The van der Waals surface area contributed by atoms with Gasteiger partial charge in [-0.15, -0.1) is 0 Å². The fourth-order valence-electron chi connectivity index (χ4n) is 11.7. The minimum atomic E-state index is -0.0739. The highest BCUT2D eigenvalue weighted by Crippen LogP contribution is 2.49. The van der Waals surface area contributed by atoms with Gasteiger partial charge < -0.3 is 18.6 Å². The number of hydrogen-bond acceptors (Lipinski definition) is 4. The van der Waals surface area contributed by atoms with Crippen molar-refractivity contribution in [2.45, 2.75) is 0 Å². The van der Waals surface area contributed by atoms with Crippen LogP contribution in [0, 0.1) is 0 Å². The lowest BCUT2D eigenvalue weighted by molar-refractivity contribution is 0.668. The molecular weight excluding hydrogens is 864 g/mol. The lowest BCUT2D eigenvalue weighted by Crippen LogP contribution is -2.61. The van der Waals surface area contributed by atoms with Crippen molar-refractivity contribution in [3.63, 3.8) is 0 Å². The molecule has 330 valence electrons. The number of nitrogens with zero attached hydrogens (tertiary/aromatic N) is 2. The molecule has 11 aromatic carbocycles. The van der Waals surface area contributed by atoms with Gasteiger partial charge in [-0.3, -0.25) is 0 Å². The van der Waals surface area contributed by atoms with E-state index in [-0.39, 0.29) is 6.71 Å². The van der Waals surface area contributed by atoms with E-state index in [4.69, 9.17) is 8.83 Å². The van der Waals surface area contributed by atoms with E-state index in [2.05, 4.69) is 234 Å². The summed E-state index contributed by atoms with van der Waals surface area (Å²) in [5.41, 5.74) is 23.5. The number of para-hydroxylation sites is 4. The lowest BCUT2D eigenvalue weighted by atomic mass is 9.33. The Morgan fingerprint density at radius 1 is 0.254 bits per heavy atom. The molecule has 0 unspecified atom stereocenters. The fraction of sp³-hybridized carbons (Fsp3) is 0. The molecule has 71 heavy (non-hydrogen) atoms. The summed E-state index contributed by atoms with van der Waals surface area (Å²) in [4.78, 5) is 5.07. The van der Waals surface area contributed by atoms with Crippen molar-refractivity contribution >= 4 is 101 Å². The van der Waals surface area contributed by atoms with Crippen molar-refractivity contribution in [1.29, 1.82) is 0 Å². The zero-order valence-corrected chi connectivity index (χ0v) is 38.5. The number of rotatable bonds is 6. The molecule has 2 aromatic heterocycles. The van der Waals surface area contributed by atoms with Crippen molar-refractivity contribution < 1.29 is 8.83 Å². The van der Waals surface area contributed by atoms with Crippen LogP contribution in [0.15, 0.2) is 258 Å². The molecule has 4 nitrogen and oxygen atoms in total. The van der Waals surface area contributed by atoms with Gasteiger partial charge in [0.05, 0.1) is 11.4 Å². The Hall–Kier alpha value is -9.32. The molecule has 13 aromatic rings. The molecule has 2 aliphatic rings. The molecule has 2 aliphatic heterocycles. The van der Waals surface area contributed by atoms with Gasteiger partial charge in [-0.1, -0.05) is 176 Å². The molecule has 5 heteroatoms. The second-order valence-electron chi connectivity index (χ2n) is 18.7. The second kappa shape index (κ2) is 15.6. The molecule has 0 saturated heterocycles. The molecule has 0 spiro atoms. The fourth-order valence-corrected chi connectivity index (χ4v) is 11.7. The highest BCUT2D eigenvalue weighted by molar-refractivity contribution is 7.00. The standard InChI is InChI=1S/C66H41BN2O2/c1-3-16-42(17-4-1)48-20-7-11-24-56(48)68-58-26-15-27-59-66(58)67(54-34-30-46(40-60(54)68)44-32-36-64-52(38-44)50-22-9-13-28-62(50)70-64)55-35-31-47(45-33-37-65-53(39-45)51-23-10-14-29-63(51)71-65)41-61(55)69(59)57-25-12-8-21-49(57)43-18-5-2-6-19-43/h1-41H. The maximum absolute atomic E-state index is 6.31. The number of hydrogen-bond donors (Lipinski definition) is 0. The monoisotopic (exact) mass is 904 g/mol. The molecule has 0 atom stereocenters. The Kier molecular flexibility index (Phi) is 8.72. The lowest BCUT2D eigenvalue weighted by Gasteiger charge is -2.45. The van der Waals surface area contributed by atoms with Gasteiger partial charge in [0.15, 0.2) is 0 Å². The quantitative estimate of drug-likeness (QED) is 0.156. The van der Waals surface area contributed by atoms with Crippen LogP contribution in [-0.4, -0.2) is 6.71 Å². The van der Waals surface area contributed by atoms with E-state index >= 15 is 0 Å². The zero-order chi connectivity index (χ0) is 46.6. The first-order valence-electron chi connectivity index (χ1n) is 24.4. The van der Waals surface area contributed by atoms with Crippen LogP contribution < -0.4 is 26.2 Å².